The molecule has 3 heterocycles. The Morgan fingerprint density at radius 1 is 1.33 bits per heavy atom. The predicted molar refractivity (Wildman–Crippen MR) is 98.5 cm³/mol. The molecule has 124 valence electrons. The van der Waals surface area contributed by atoms with Crippen molar-refractivity contribution in [2.75, 3.05) is 25.5 Å². The number of fused-ring (bicyclic) bond motifs is 1. The van der Waals surface area contributed by atoms with Crippen LogP contribution in [0.3, 0.4) is 0 Å². The molecule has 0 saturated carbocycles. The lowest BCUT2D eigenvalue weighted by Gasteiger charge is -2.23. The quantitative estimate of drug-likeness (QED) is 0.754. The molecule has 24 heavy (non-hydrogen) atoms. The number of rotatable bonds is 4. The van der Waals surface area contributed by atoms with Gasteiger partial charge in [0.15, 0.2) is 5.13 Å². The third kappa shape index (κ3) is 3.07. The summed E-state index contributed by atoms with van der Waals surface area (Å²) in [6.07, 6.45) is 4.16. The van der Waals surface area contributed by atoms with Gasteiger partial charge in [-0.3, -0.25) is 0 Å². The topological polar surface area (TPSA) is 59.1 Å². The second kappa shape index (κ2) is 6.75. The molecule has 0 amide bonds. The predicted octanol–water partition coefficient (Wildman–Crippen LogP) is 3.91. The number of hydrogen-bond donors (Lipinski definition) is 2. The summed E-state index contributed by atoms with van der Waals surface area (Å²) >= 11 is 1.58. The van der Waals surface area contributed by atoms with Crippen molar-refractivity contribution < 1.29 is 4.74 Å². The highest BCUT2D eigenvalue weighted by atomic mass is 32.1. The van der Waals surface area contributed by atoms with E-state index in [1.807, 2.05) is 11.4 Å². The van der Waals surface area contributed by atoms with Crippen LogP contribution in [0.25, 0.3) is 10.8 Å². The average molecular weight is 340 g/mol. The standard InChI is InChI=1S/C18H20N4OS/c1-23-14-4-5-15-13(9-14)10-16(12-3-2-6-19-11-12)21-17(15)22-18-20-7-8-24-18/h4-5,7-10,12,19H,2-3,6,11H2,1H3,(H,20,21,22)/t12-/m0/s1. The normalized spacial score (nSPS) is 17.8. The lowest BCUT2D eigenvalue weighted by Crippen LogP contribution is -2.28. The van der Waals surface area contributed by atoms with Gasteiger partial charge in [0.1, 0.15) is 11.6 Å². The molecule has 1 saturated heterocycles. The third-order valence-electron chi connectivity index (χ3n) is 4.43. The van der Waals surface area contributed by atoms with Crippen LogP contribution < -0.4 is 15.4 Å². The van der Waals surface area contributed by atoms with E-state index in [2.05, 4.69) is 33.8 Å². The van der Waals surface area contributed by atoms with Gasteiger partial charge in [-0.05, 0) is 49.0 Å². The number of nitrogens with zero attached hydrogens (tertiary/aromatic N) is 2. The minimum Gasteiger partial charge on any atom is -0.497 e. The second-order valence-corrected chi connectivity index (χ2v) is 6.88. The Labute approximate surface area is 145 Å². The zero-order valence-electron chi connectivity index (χ0n) is 13.6. The molecule has 4 rings (SSSR count). The number of aromatic nitrogens is 2. The van der Waals surface area contributed by atoms with Gasteiger partial charge in [0, 0.05) is 35.1 Å². The van der Waals surface area contributed by atoms with Gasteiger partial charge in [-0.2, -0.15) is 0 Å². The molecule has 0 radical (unpaired) electrons. The van der Waals surface area contributed by atoms with Crippen LogP contribution in [0.5, 0.6) is 5.75 Å². The van der Waals surface area contributed by atoms with Gasteiger partial charge in [0.05, 0.1) is 7.11 Å². The molecule has 1 aromatic carbocycles. The van der Waals surface area contributed by atoms with E-state index in [4.69, 9.17) is 9.72 Å². The van der Waals surface area contributed by atoms with E-state index >= 15 is 0 Å². The lowest BCUT2D eigenvalue weighted by molar-refractivity contribution is 0.415. The Bertz CT molecular complexity index is 828. The van der Waals surface area contributed by atoms with E-state index < -0.39 is 0 Å². The van der Waals surface area contributed by atoms with Crippen molar-refractivity contribution in [1.29, 1.82) is 0 Å². The molecular formula is C18H20N4OS. The first kappa shape index (κ1) is 15.4. The number of methoxy groups -OCH3 is 1. The van der Waals surface area contributed by atoms with Gasteiger partial charge in [-0.25, -0.2) is 9.97 Å². The average Bonchev–Trinajstić information content (AvgIpc) is 3.15. The van der Waals surface area contributed by atoms with Crippen LogP contribution in [-0.2, 0) is 0 Å². The molecular weight excluding hydrogens is 320 g/mol. The van der Waals surface area contributed by atoms with Gasteiger partial charge < -0.3 is 15.4 Å². The molecule has 5 nitrogen and oxygen atoms in total. The SMILES string of the molecule is COc1ccc2c(Nc3nccs3)nc([C@H]3CCCNC3)cc2c1. The summed E-state index contributed by atoms with van der Waals surface area (Å²) in [5, 5.41) is 11.9. The van der Waals surface area contributed by atoms with E-state index in [9.17, 15) is 0 Å². The van der Waals surface area contributed by atoms with Crippen molar-refractivity contribution in [3.8, 4) is 5.75 Å². The summed E-state index contributed by atoms with van der Waals surface area (Å²) < 4.78 is 5.39. The van der Waals surface area contributed by atoms with Gasteiger partial charge in [-0.15, -0.1) is 11.3 Å². The maximum Gasteiger partial charge on any atom is 0.188 e. The summed E-state index contributed by atoms with van der Waals surface area (Å²) in [6.45, 7) is 2.08. The number of nitrogens with one attached hydrogen (secondary N) is 2. The molecule has 0 bridgehead atoms. The summed E-state index contributed by atoms with van der Waals surface area (Å²) in [7, 11) is 1.70. The largest absolute Gasteiger partial charge is 0.497 e. The summed E-state index contributed by atoms with van der Waals surface area (Å²) in [5.41, 5.74) is 1.13. The number of anilines is 2. The molecule has 0 aliphatic carbocycles. The molecule has 3 aromatic rings. The molecule has 0 unspecified atom stereocenters. The summed E-state index contributed by atoms with van der Waals surface area (Å²) in [5.74, 6) is 2.18. The lowest BCUT2D eigenvalue weighted by atomic mass is 9.94. The van der Waals surface area contributed by atoms with Crippen LogP contribution in [-0.4, -0.2) is 30.2 Å². The highest BCUT2D eigenvalue weighted by Gasteiger charge is 2.19. The van der Waals surface area contributed by atoms with Crippen molar-refractivity contribution in [2.24, 2.45) is 0 Å². The number of ether oxygens (including phenoxy) is 1. The Hall–Kier alpha value is -2.18. The molecule has 0 spiro atoms. The number of pyridine rings is 1. The molecule has 1 atom stereocenters. The first-order valence-electron chi connectivity index (χ1n) is 8.19. The molecule has 2 aromatic heterocycles. The minimum atomic E-state index is 0.450. The van der Waals surface area contributed by atoms with Crippen LogP contribution in [0.15, 0.2) is 35.8 Å². The van der Waals surface area contributed by atoms with Crippen LogP contribution in [0.4, 0.5) is 10.9 Å². The Kier molecular flexibility index (Phi) is 4.32. The molecule has 6 heteroatoms. The van der Waals surface area contributed by atoms with E-state index in [0.29, 0.717) is 5.92 Å². The highest BCUT2D eigenvalue weighted by Crippen LogP contribution is 2.32. The summed E-state index contributed by atoms with van der Waals surface area (Å²) in [6, 6.07) is 8.30. The Morgan fingerprint density at radius 2 is 2.29 bits per heavy atom. The van der Waals surface area contributed by atoms with E-state index in [0.717, 1.165) is 46.3 Å². The van der Waals surface area contributed by atoms with Gasteiger partial charge in [-0.1, -0.05) is 0 Å². The van der Waals surface area contributed by atoms with Crippen LogP contribution >= 0.6 is 11.3 Å². The van der Waals surface area contributed by atoms with Gasteiger partial charge >= 0.3 is 0 Å². The van der Waals surface area contributed by atoms with Crippen molar-refractivity contribution in [3.63, 3.8) is 0 Å². The Morgan fingerprint density at radius 3 is 3.04 bits per heavy atom. The third-order valence-corrected chi connectivity index (χ3v) is 5.12. The van der Waals surface area contributed by atoms with E-state index in [-0.39, 0.29) is 0 Å². The monoisotopic (exact) mass is 340 g/mol. The highest BCUT2D eigenvalue weighted by molar-refractivity contribution is 7.13. The van der Waals surface area contributed by atoms with Crippen LogP contribution in [0.2, 0.25) is 0 Å². The van der Waals surface area contributed by atoms with Crippen LogP contribution in [0, 0.1) is 0 Å². The second-order valence-electron chi connectivity index (χ2n) is 5.99. The van der Waals surface area contributed by atoms with Gasteiger partial charge in [0.2, 0.25) is 0 Å². The zero-order chi connectivity index (χ0) is 16.4. The summed E-state index contributed by atoms with van der Waals surface area (Å²) in [4.78, 5) is 9.25. The number of benzene rings is 1. The van der Waals surface area contributed by atoms with Gasteiger partial charge in [0.25, 0.3) is 0 Å². The Balaban J connectivity index is 1.80. The molecule has 1 fully saturated rings. The molecule has 1 aliphatic heterocycles. The van der Waals surface area contributed by atoms with Crippen molar-refractivity contribution in [2.45, 2.75) is 18.8 Å². The fourth-order valence-electron chi connectivity index (χ4n) is 3.18. The maximum atomic E-state index is 5.39. The first-order chi connectivity index (χ1) is 11.8. The van der Waals surface area contributed by atoms with E-state index in [1.54, 1.807) is 24.6 Å². The minimum absolute atomic E-state index is 0.450. The first-order valence-corrected chi connectivity index (χ1v) is 9.07. The zero-order valence-corrected chi connectivity index (χ0v) is 14.4. The fraction of sp³-hybridized carbons (Fsp3) is 0.333. The number of thiazole rings is 1. The number of hydrogen-bond acceptors (Lipinski definition) is 6. The van der Waals surface area contributed by atoms with Crippen molar-refractivity contribution >= 4 is 33.1 Å². The van der Waals surface area contributed by atoms with Crippen molar-refractivity contribution in [3.05, 3.63) is 41.5 Å². The fourth-order valence-corrected chi connectivity index (χ4v) is 3.71. The van der Waals surface area contributed by atoms with Crippen molar-refractivity contribution in [1.82, 2.24) is 15.3 Å². The number of piperidine rings is 1. The molecule has 2 N–H and O–H groups in total. The van der Waals surface area contributed by atoms with Crippen LogP contribution in [0.1, 0.15) is 24.5 Å². The maximum absolute atomic E-state index is 5.39. The molecule has 1 aliphatic rings. The smallest absolute Gasteiger partial charge is 0.188 e. The van der Waals surface area contributed by atoms with E-state index in [1.165, 1.54) is 12.8 Å².